The van der Waals surface area contributed by atoms with Crippen molar-refractivity contribution in [1.82, 2.24) is 15.1 Å². The highest BCUT2D eigenvalue weighted by molar-refractivity contribution is 9.10. The molecule has 0 unspecified atom stereocenters. The van der Waals surface area contributed by atoms with Gasteiger partial charge in [-0.05, 0) is 35.3 Å². The number of halogens is 1. The van der Waals surface area contributed by atoms with E-state index in [1.54, 1.807) is 0 Å². The van der Waals surface area contributed by atoms with Gasteiger partial charge in [0.25, 0.3) is 0 Å². The van der Waals surface area contributed by atoms with Gasteiger partial charge in [0, 0.05) is 20.0 Å². The van der Waals surface area contributed by atoms with Gasteiger partial charge in [-0.2, -0.15) is 5.10 Å². The van der Waals surface area contributed by atoms with Gasteiger partial charge in [0.15, 0.2) is 0 Å². The van der Waals surface area contributed by atoms with Gasteiger partial charge >= 0.3 is 0 Å². The first-order valence-electron chi connectivity index (χ1n) is 5.41. The normalized spacial score (nSPS) is 11.3. The zero-order valence-electron chi connectivity index (χ0n) is 9.97. The number of rotatable bonds is 5. The Balaban J connectivity index is 2.44. The summed E-state index contributed by atoms with van der Waals surface area (Å²) in [6, 6.07) is 0. The second kappa shape index (κ2) is 5.66. The van der Waals surface area contributed by atoms with Crippen LogP contribution in [-0.4, -0.2) is 22.9 Å². The third kappa shape index (κ3) is 3.61. The van der Waals surface area contributed by atoms with Crippen LogP contribution < -0.4 is 5.32 Å². The Morgan fingerprint density at radius 2 is 2.13 bits per heavy atom. The van der Waals surface area contributed by atoms with E-state index in [1.165, 1.54) is 5.69 Å². The zero-order valence-corrected chi connectivity index (χ0v) is 11.6. The quantitative estimate of drug-likeness (QED) is 0.835. The van der Waals surface area contributed by atoms with Crippen LogP contribution in [0, 0.1) is 12.8 Å². The van der Waals surface area contributed by atoms with E-state index in [9.17, 15) is 0 Å². The second-order valence-electron chi connectivity index (χ2n) is 4.32. The van der Waals surface area contributed by atoms with Crippen molar-refractivity contribution in [3.05, 3.63) is 15.9 Å². The maximum Gasteiger partial charge on any atom is 0.0738 e. The fourth-order valence-corrected chi connectivity index (χ4v) is 2.08. The molecular formula is C11H20BrN3. The maximum absolute atomic E-state index is 4.37. The minimum atomic E-state index is 0.710. The summed E-state index contributed by atoms with van der Waals surface area (Å²) in [5, 5.41) is 7.80. The zero-order chi connectivity index (χ0) is 11.4. The SMILES string of the molecule is Cc1nn(C)c(CCNCC(C)C)c1Br. The summed E-state index contributed by atoms with van der Waals surface area (Å²) in [5.74, 6) is 0.710. The van der Waals surface area contributed by atoms with E-state index in [1.807, 2.05) is 18.7 Å². The molecule has 0 bridgehead atoms. The Bertz CT molecular complexity index is 318. The first-order chi connectivity index (χ1) is 7.02. The van der Waals surface area contributed by atoms with Crippen molar-refractivity contribution in [3.63, 3.8) is 0 Å². The number of aryl methyl sites for hydroxylation is 2. The average Bonchev–Trinajstić information content (AvgIpc) is 2.37. The van der Waals surface area contributed by atoms with Crippen LogP contribution in [0.3, 0.4) is 0 Å². The lowest BCUT2D eigenvalue weighted by atomic mass is 10.2. The van der Waals surface area contributed by atoms with Gasteiger partial charge in [0.05, 0.1) is 15.9 Å². The smallest absolute Gasteiger partial charge is 0.0738 e. The molecule has 4 heteroatoms. The third-order valence-corrected chi connectivity index (χ3v) is 3.38. The Labute approximate surface area is 100 Å². The van der Waals surface area contributed by atoms with E-state index in [0.717, 1.165) is 29.7 Å². The Hall–Kier alpha value is -0.350. The first-order valence-corrected chi connectivity index (χ1v) is 6.20. The van der Waals surface area contributed by atoms with Gasteiger partial charge in [0.2, 0.25) is 0 Å². The number of nitrogens with one attached hydrogen (secondary N) is 1. The van der Waals surface area contributed by atoms with Crippen LogP contribution in [0.25, 0.3) is 0 Å². The van der Waals surface area contributed by atoms with Gasteiger partial charge < -0.3 is 5.32 Å². The van der Waals surface area contributed by atoms with Crippen molar-refractivity contribution in [2.24, 2.45) is 13.0 Å². The summed E-state index contributed by atoms with van der Waals surface area (Å²) in [7, 11) is 2.00. The first kappa shape index (κ1) is 12.7. The average molecular weight is 274 g/mol. The Morgan fingerprint density at radius 3 is 2.60 bits per heavy atom. The van der Waals surface area contributed by atoms with Crippen LogP contribution in [-0.2, 0) is 13.5 Å². The van der Waals surface area contributed by atoms with Crippen LogP contribution in [0.15, 0.2) is 4.47 Å². The van der Waals surface area contributed by atoms with E-state index < -0.39 is 0 Å². The lowest BCUT2D eigenvalue weighted by Crippen LogP contribution is -2.22. The molecule has 0 amide bonds. The molecule has 3 nitrogen and oxygen atoms in total. The van der Waals surface area contributed by atoms with E-state index in [2.05, 4.69) is 40.2 Å². The van der Waals surface area contributed by atoms with Crippen LogP contribution in [0.2, 0.25) is 0 Å². The standard InChI is InChI=1S/C11H20BrN3/c1-8(2)7-13-6-5-10-11(12)9(3)14-15(10)4/h8,13H,5-7H2,1-4H3. The van der Waals surface area contributed by atoms with Crippen LogP contribution in [0.1, 0.15) is 25.2 Å². The molecule has 1 aromatic rings. The second-order valence-corrected chi connectivity index (χ2v) is 5.11. The van der Waals surface area contributed by atoms with Gasteiger partial charge in [-0.1, -0.05) is 13.8 Å². The predicted molar refractivity (Wildman–Crippen MR) is 67.1 cm³/mol. The molecule has 1 heterocycles. The van der Waals surface area contributed by atoms with E-state index in [4.69, 9.17) is 0 Å². The fourth-order valence-electron chi connectivity index (χ4n) is 1.55. The fraction of sp³-hybridized carbons (Fsp3) is 0.727. The van der Waals surface area contributed by atoms with Gasteiger partial charge in [-0.15, -0.1) is 0 Å². The van der Waals surface area contributed by atoms with Crippen molar-refractivity contribution >= 4 is 15.9 Å². The maximum atomic E-state index is 4.37. The summed E-state index contributed by atoms with van der Waals surface area (Å²) < 4.78 is 3.10. The Morgan fingerprint density at radius 1 is 1.47 bits per heavy atom. The molecule has 0 aromatic carbocycles. The summed E-state index contributed by atoms with van der Waals surface area (Å²) in [6.07, 6.45) is 1.02. The molecule has 0 aliphatic rings. The molecule has 1 N–H and O–H groups in total. The summed E-state index contributed by atoms with van der Waals surface area (Å²) >= 11 is 3.57. The van der Waals surface area contributed by atoms with Crippen LogP contribution in [0.5, 0.6) is 0 Å². The summed E-state index contributed by atoms with van der Waals surface area (Å²) in [4.78, 5) is 0. The van der Waals surface area contributed by atoms with Crippen LogP contribution >= 0.6 is 15.9 Å². The molecule has 86 valence electrons. The molecule has 0 radical (unpaired) electrons. The van der Waals surface area contributed by atoms with Crippen LogP contribution in [0.4, 0.5) is 0 Å². The van der Waals surface area contributed by atoms with Crippen molar-refractivity contribution in [2.45, 2.75) is 27.2 Å². The molecule has 0 aliphatic carbocycles. The molecule has 15 heavy (non-hydrogen) atoms. The number of aromatic nitrogens is 2. The molecular weight excluding hydrogens is 254 g/mol. The summed E-state index contributed by atoms with van der Waals surface area (Å²) in [5.41, 5.74) is 2.33. The minimum absolute atomic E-state index is 0.710. The minimum Gasteiger partial charge on any atom is -0.316 e. The van der Waals surface area contributed by atoms with Gasteiger partial charge in [0.1, 0.15) is 0 Å². The van der Waals surface area contributed by atoms with Crippen molar-refractivity contribution in [3.8, 4) is 0 Å². The van der Waals surface area contributed by atoms with Crippen molar-refractivity contribution < 1.29 is 0 Å². The molecule has 0 spiro atoms. The molecule has 0 saturated heterocycles. The van der Waals surface area contributed by atoms with Crippen molar-refractivity contribution in [1.29, 1.82) is 0 Å². The highest BCUT2D eigenvalue weighted by Crippen LogP contribution is 2.20. The van der Waals surface area contributed by atoms with Crippen molar-refractivity contribution in [2.75, 3.05) is 13.1 Å². The number of hydrogen-bond acceptors (Lipinski definition) is 2. The lowest BCUT2D eigenvalue weighted by Gasteiger charge is -2.07. The number of nitrogens with zero attached hydrogens (tertiary/aromatic N) is 2. The topological polar surface area (TPSA) is 29.9 Å². The molecule has 1 aromatic heterocycles. The molecule has 0 saturated carbocycles. The monoisotopic (exact) mass is 273 g/mol. The lowest BCUT2D eigenvalue weighted by molar-refractivity contribution is 0.547. The van der Waals surface area contributed by atoms with E-state index in [0.29, 0.717) is 5.92 Å². The molecule has 0 fully saturated rings. The molecule has 1 rings (SSSR count). The Kier molecular flexibility index (Phi) is 4.80. The number of hydrogen-bond donors (Lipinski definition) is 1. The predicted octanol–water partition coefficient (Wildman–Crippen LogP) is 2.28. The van der Waals surface area contributed by atoms with Gasteiger partial charge in [-0.3, -0.25) is 4.68 Å². The highest BCUT2D eigenvalue weighted by atomic mass is 79.9. The van der Waals surface area contributed by atoms with Gasteiger partial charge in [-0.25, -0.2) is 0 Å². The van der Waals surface area contributed by atoms with E-state index >= 15 is 0 Å². The third-order valence-electron chi connectivity index (χ3n) is 2.35. The highest BCUT2D eigenvalue weighted by Gasteiger charge is 2.09. The largest absolute Gasteiger partial charge is 0.316 e. The van der Waals surface area contributed by atoms with E-state index in [-0.39, 0.29) is 0 Å². The molecule has 0 aliphatic heterocycles. The molecule has 0 atom stereocenters. The summed E-state index contributed by atoms with van der Waals surface area (Å²) in [6.45, 7) is 8.55.